The summed E-state index contributed by atoms with van der Waals surface area (Å²) in [5.74, 6) is 0.281. The molecule has 0 aromatic rings. The second-order valence-corrected chi connectivity index (χ2v) is 6.47. The van der Waals surface area contributed by atoms with E-state index in [9.17, 15) is 4.79 Å². The van der Waals surface area contributed by atoms with Crippen molar-refractivity contribution in [3.8, 4) is 0 Å². The zero-order valence-corrected chi connectivity index (χ0v) is 13.0. The highest BCUT2D eigenvalue weighted by Crippen LogP contribution is 2.31. The summed E-state index contributed by atoms with van der Waals surface area (Å²) in [5, 5.41) is 6.54. The van der Waals surface area contributed by atoms with Crippen molar-refractivity contribution in [1.82, 2.24) is 15.5 Å². The maximum atomic E-state index is 12.4. The minimum atomic E-state index is -0.125. The van der Waals surface area contributed by atoms with Crippen LogP contribution < -0.4 is 10.6 Å². The van der Waals surface area contributed by atoms with Gasteiger partial charge in [0.25, 0.3) is 0 Å². The van der Waals surface area contributed by atoms with Gasteiger partial charge in [-0.05, 0) is 58.3 Å². The van der Waals surface area contributed by atoms with Crippen LogP contribution in [-0.4, -0.2) is 50.1 Å². The predicted octanol–water partition coefficient (Wildman–Crippen LogP) is 1.76. The van der Waals surface area contributed by atoms with Crippen molar-refractivity contribution in [2.24, 2.45) is 5.41 Å². The van der Waals surface area contributed by atoms with E-state index in [1.165, 1.54) is 32.4 Å². The van der Waals surface area contributed by atoms with Gasteiger partial charge in [-0.25, -0.2) is 0 Å². The van der Waals surface area contributed by atoms with Crippen LogP contribution in [0.1, 0.15) is 51.9 Å². The first-order valence-corrected chi connectivity index (χ1v) is 8.48. The Kier molecular flexibility index (Phi) is 6.30. The number of nitrogens with zero attached hydrogens (tertiary/aromatic N) is 1. The molecule has 116 valence electrons. The number of carbonyl (C=O) groups excluding carboxylic acids is 1. The summed E-state index contributed by atoms with van der Waals surface area (Å²) in [4.78, 5) is 15.0. The van der Waals surface area contributed by atoms with E-state index in [4.69, 9.17) is 0 Å². The molecule has 1 amide bonds. The zero-order valence-electron chi connectivity index (χ0n) is 13.0. The Labute approximate surface area is 123 Å². The molecule has 0 bridgehead atoms. The quantitative estimate of drug-likeness (QED) is 0.699. The highest BCUT2D eigenvalue weighted by Gasteiger charge is 2.39. The summed E-state index contributed by atoms with van der Waals surface area (Å²) in [5.41, 5.74) is -0.125. The van der Waals surface area contributed by atoms with E-state index in [0.29, 0.717) is 0 Å². The van der Waals surface area contributed by atoms with Gasteiger partial charge in [-0.3, -0.25) is 4.79 Å². The van der Waals surface area contributed by atoms with Gasteiger partial charge >= 0.3 is 0 Å². The van der Waals surface area contributed by atoms with Gasteiger partial charge in [-0.2, -0.15) is 0 Å². The Balaban J connectivity index is 1.66. The lowest BCUT2D eigenvalue weighted by molar-refractivity contribution is -0.130. The molecule has 0 aromatic heterocycles. The summed E-state index contributed by atoms with van der Waals surface area (Å²) < 4.78 is 0. The number of hydrogen-bond acceptors (Lipinski definition) is 3. The number of carbonyl (C=O) groups is 1. The fraction of sp³-hybridized carbons (Fsp3) is 0.938. The Morgan fingerprint density at radius 1 is 1.30 bits per heavy atom. The molecule has 4 heteroatoms. The van der Waals surface area contributed by atoms with Crippen LogP contribution in [0.3, 0.4) is 0 Å². The fourth-order valence-corrected chi connectivity index (χ4v) is 3.62. The smallest absolute Gasteiger partial charge is 0.227 e. The molecule has 2 aliphatic rings. The van der Waals surface area contributed by atoms with Crippen molar-refractivity contribution in [1.29, 1.82) is 0 Å². The van der Waals surface area contributed by atoms with E-state index in [1.54, 1.807) is 0 Å². The first kappa shape index (κ1) is 15.8. The van der Waals surface area contributed by atoms with Gasteiger partial charge in [0.15, 0.2) is 0 Å². The van der Waals surface area contributed by atoms with Crippen molar-refractivity contribution in [3.63, 3.8) is 0 Å². The van der Waals surface area contributed by atoms with Crippen molar-refractivity contribution >= 4 is 5.91 Å². The van der Waals surface area contributed by atoms with E-state index in [0.717, 1.165) is 51.9 Å². The molecule has 0 saturated carbocycles. The molecule has 2 fully saturated rings. The van der Waals surface area contributed by atoms with E-state index >= 15 is 0 Å². The molecule has 2 rings (SSSR count). The molecule has 0 spiro atoms. The van der Waals surface area contributed by atoms with Gasteiger partial charge in [-0.1, -0.05) is 19.8 Å². The third-order valence-electron chi connectivity index (χ3n) is 4.84. The van der Waals surface area contributed by atoms with Crippen LogP contribution in [0.4, 0.5) is 0 Å². The van der Waals surface area contributed by atoms with E-state index in [1.807, 2.05) is 0 Å². The van der Waals surface area contributed by atoms with Crippen LogP contribution in [-0.2, 0) is 4.79 Å². The molecule has 2 heterocycles. The van der Waals surface area contributed by atoms with Crippen molar-refractivity contribution in [2.75, 3.05) is 39.3 Å². The second-order valence-electron chi connectivity index (χ2n) is 6.47. The van der Waals surface area contributed by atoms with Crippen LogP contribution in [0.5, 0.6) is 0 Å². The summed E-state index contributed by atoms with van der Waals surface area (Å²) >= 11 is 0. The van der Waals surface area contributed by atoms with Crippen molar-refractivity contribution in [2.45, 2.75) is 51.9 Å². The monoisotopic (exact) mass is 281 g/mol. The lowest BCUT2D eigenvalue weighted by Crippen LogP contribution is -2.43. The first-order chi connectivity index (χ1) is 9.77. The summed E-state index contributed by atoms with van der Waals surface area (Å²) in [6.45, 7) is 8.49. The highest BCUT2D eigenvalue weighted by atomic mass is 16.2. The standard InChI is InChI=1S/C16H31N3O/c1-2-7-16(8-10-17-14-16)15(20)18-9-6-13-19-11-4-3-5-12-19/h17H,2-14H2,1H3,(H,18,20). The second kappa shape index (κ2) is 7.99. The normalized spacial score (nSPS) is 27.6. The van der Waals surface area contributed by atoms with Crippen molar-refractivity contribution < 1.29 is 4.79 Å². The Morgan fingerprint density at radius 3 is 2.75 bits per heavy atom. The molecular weight excluding hydrogens is 250 g/mol. The molecule has 20 heavy (non-hydrogen) atoms. The average Bonchev–Trinajstić information content (AvgIpc) is 2.95. The van der Waals surface area contributed by atoms with Crippen LogP contribution >= 0.6 is 0 Å². The lowest BCUT2D eigenvalue weighted by Gasteiger charge is -2.28. The summed E-state index contributed by atoms with van der Waals surface area (Å²) in [6.07, 6.45) is 8.26. The van der Waals surface area contributed by atoms with E-state index in [2.05, 4.69) is 22.5 Å². The van der Waals surface area contributed by atoms with Crippen molar-refractivity contribution in [3.05, 3.63) is 0 Å². The maximum absolute atomic E-state index is 12.4. The molecule has 2 aliphatic heterocycles. The van der Waals surface area contributed by atoms with E-state index < -0.39 is 0 Å². The van der Waals surface area contributed by atoms with Gasteiger partial charge in [-0.15, -0.1) is 0 Å². The Hall–Kier alpha value is -0.610. The number of rotatable bonds is 7. The van der Waals surface area contributed by atoms with Crippen LogP contribution in [0, 0.1) is 5.41 Å². The highest BCUT2D eigenvalue weighted by molar-refractivity contribution is 5.83. The number of piperidine rings is 1. The Morgan fingerprint density at radius 2 is 2.10 bits per heavy atom. The molecule has 2 N–H and O–H groups in total. The summed E-state index contributed by atoms with van der Waals surface area (Å²) in [6, 6.07) is 0. The van der Waals surface area contributed by atoms with Crippen LogP contribution in [0.25, 0.3) is 0 Å². The SMILES string of the molecule is CCCC1(C(=O)NCCCN2CCCCC2)CCNC1. The maximum Gasteiger partial charge on any atom is 0.227 e. The topological polar surface area (TPSA) is 44.4 Å². The van der Waals surface area contributed by atoms with Gasteiger partial charge in [0.2, 0.25) is 5.91 Å². The Bertz CT molecular complexity index is 294. The zero-order chi connectivity index (χ0) is 14.3. The minimum absolute atomic E-state index is 0.125. The van der Waals surface area contributed by atoms with Crippen LogP contribution in [0.15, 0.2) is 0 Å². The minimum Gasteiger partial charge on any atom is -0.356 e. The number of likely N-dealkylation sites (tertiary alicyclic amines) is 1. The molecule has 1 unspecified atom stereocenters. The third kappa shape index (κ3) is 4.19. The number of hydrogen-bond donors (Lipinski definition) is 2. The van der Waals surface area contributed by atoms with Gasteiger partial charge in [0, 0.05) is 13.1 Å². The number of nitrogens with one attached hydrogen (secondary N) is 2. The van der Waals surface area contributed by atoms with Gasteiger partial charge in [0.05, 0.1) is 5.41 Å². The predicted molar refractivity (Wildman–Crippen MR) is 82.7 cm³/mol. The molecule has 2 saturated heterocycles. The fourth-order valence-electron chi connectivity index (χ4n) is 3.62. The molecule has 0 radical (unpaired) electrons. The molecule has 0 aromatic carbocycles. The van der Waals surface area contributed by atoms with Gasteiger partial charge < -0.3 is 15.5 Å². The number of amides is 1. The summed E-state index contributed by atoms with van der Waals surface area (Å²) in [7, 11) is 0. The van der Waals surface area contributed by atoms with Gasteiger partial charge in [0.1, 0.15) is 0 Å². The largest absolute Gasteiger partial charge is 0.356 e. The lowest BCUT2D eigenvalue weighted by atomic mass is 9.81. The third-order valence-corrected chi connectivity index (χ3v) is 4.84. The molecule has 0 aliphatic carbocycles. The molecule has 1 atom stereocenters. The van der Waals surface area contributed by atoms with Crippen LogP contribution in [0.2, 0.25) is 0 Å². The first-order valence-electron chi connectivity index (χ1n) is 8.48. The average molecular weight is 281 g/mol. The van der Waals surface area contributed by atoms with E-state index in [-0.39, 0.29) is 11.3 Å². The molecule has 4 nitrogen and oxygen atoms in total. The molecular formula is C16H31N3O.